The van der Waals surface area contributed by atoms with Gasteiger partial charge >= 0.3 is 0 Å². The second kappa shape index (κ2) is 6.95. The molecule has 2 amide bonds. The minimum Gasteiger partial charge on any atom is -0.339 e. The lowest BCUT2D eigenvalue weighted by atomic mass is 9.86. The molecule has 2 fully saturated rings. The van der Waals surface area contributed by atoms with Gasteiger partial charge in [-0.3, -0.25) is 14.5 Å². The Balaban J connectivity index is 1.78. The molecule has 0 radical (unpaired) electrons. The van der Waals surface area contributed by atoms with E-state index < -0.39 is 0 Å². The zero-order valence-electron chi connectivity index (χ0n) is 14.9. The average Bonchev–Trinajstić information content (AvgIpc) is 2.97. The molecule has 3 rings (SSSR count). The monoisotopic (exact) mass is 347 g/mol. The van der Waals surface area contributed by atoms with Gasteiger partial charge in [-0.25, -0.2) is 4.63 Å². The molecule has 2 aliphatic heterocycles. The van der Waals surface area contributed by atoms with E-state index >= 15 is 0 Å². The van der Waals surface area contributed by atoms with Gasteiger partial charge < -0.3 is 9.80 Å². The molecule has 0 N–H and O–H groups in total. The van der Waals surface area contributed by atoms with E-state index in [1.165, 1.54) is 0 Å². The van der Waals surface area contributed by atoms with Crippen LogP contribution in [0.4, 0.5) is 0 Å². The van der Waals surface area contributed by atoms with E-state index in [4.69, 9.17) is 0 Å². The summed E-state index contributed by atoms with van der Waals surface area (Å²) in [6.07, 6.45) is 3.83. The lowest BCUT2D eigenvalue weighted by Gasteiger charge is -2.49. The van der Waals surface area contributed by atoms with Crippen molar-refractivity contribution in [1.82, 2.24) is 25.0 Å². The van der Waals surface area contributed by atoms with Crippen molar-refractivity contribution in [2.45, 2.75) is 31.7 Å². The molecular formula is C17H25N5O3. The number of piperazine rings is 1. The normalized spacial score (nSPS) is 25.3. The summed E-state index contributed by atoms with van der Waals surface area (Å²) in [5, 5.41) is 7.45. The van der Waals surface area contributed by atoms with Crippen LogP contribution in [0.2, 0.25) is 0 Å². The number of aryl methyl sites for hydroxylation is 1. The van der Waals surface area contributed by atoms with Crippen molar-refractivity contribution in [2.24, 2.45) is 0 Å². The maximum Gasteiger partial charge on any atom is 0.278 e. The average molecular weight is 347 g/mol. The Morgan fingerprint density at radius 1 is 1.32 bits per heavy atom. The number of amides is 2. The van der Waals surface area contributed by atoms with Crippen molar-refractivity contribution >= 4 is 11.8 Å². The highest BCUT2D eigenvalue weighted by Crippen LogP contribution is 2.32. The van der Waals surface area contributed by atoms with Gasteiger partial charge in [-0.15, -0.1) is 6.58 Å². The van der Waals surface area contributed by atoms with Gasteiger partial charge in [0.2, 0.25) is 5.91 Å². The van der Waals surface area contributed by atoms with Gasteiger partial charge in [0, 0.05) is 44.7 Å². The summed E-state index contributed by atoms with van der Waals surface area (Å²) in [6.45, 7) is 8.69. The summed E-state index contributed by atoms with van der Waals surface area (Å²) in [6, 6.07) is 0. The minimum atomic E-state index is -0.190. The summed E-state index contributed by atoms with van der Waals surface area (Å²) in [4.78, 5) is 31.1. The first-order valence-electron chi connectivity index (χ1n) is 8.65. The molecule has 0 aromatic carbocycles. The molecule has 0 aliphatic carbocycles. The van der Waals surface area contributed by atoms with Crippen molar-refractivity contribution in [3.63, 3.8) is 0 Å². The molecule has 0 saturated carbocycles. The van der Waals surface area contributed by atoms with Crippen LogP contribution in [0.15, 0.2) is 17.3 Å². The molecule has 3 heterocycles. The Labute approximate surface area is 147 Å². The van der Waals surface area contributed by atoms with E-state index in [1.54, 1.807) is 13.0 Å². The first-order chi connectivity index (χ1) is 12.0. The molecule has 25 heavy (non-hydrogen) atoms. The summed E-state index contributed by atoms with van der Waals surface area (Å²) in [5.41, 5.74) is 0.591. The maximum atomic E-state index is 12.8. The van der Waals surface area contributed by atoms with E-state index in [2.05, 4.69) is 33.5 Å². The second-order valence-electron chi connectivity index (χ2n) is 6.95. The Bertz CT molecular complexity index is 673. The summed E-state index contributed by atoms with van der Waals surface area (Å²) >= 11 is 0. The minimum absolute atomic E-state index is 0.148. The molecule has 1 spiro atoms. The van der Waals surface area contributed by atoms with Crippen molar-refractivity contribution in [3.8, 4) is 0 Å². The maximum absolute atomic E-state index is 12.8. The zero-order chi connectivity index (χ0) is 18.0. The zero-order valence-corrected chi connectivity index (χ0v) is 14.9. The van der Waals surface area contributed by atoms with Crippen molar-refractivity contribution in [2.75, 3.05) is 39.8 Å². The van der Waals surface area contributed by atoms with E-state index in [-0.39, 0.29) is 23.0 Å². The summed E-state index contributed by atoms with van der Waals surface area (Å²) < 4.78 is 4.67. The molecule has 136 valence electrons. The standard InChI is InChI=1S/C17H25N5O3/c1-4-8-21-9-7-17(6-5-14(21)23)12-22(11-10-20(17)3)16(24)15-13(2)18-25-19-15/h4H,1,5-12H2,2-3H3/t17-/m0/s1. The third kappa shape index (κ3) is 3.30. The number of aromatic nitrogens is 2. The predicted molar refractivity (Wildman–Crippen MR) is 90.9 cm³/mol. The van der Waals surface area contributed by atoms with Crippen LogP contribution in [0, 0.1) is 6.92 Å². The molecule has 0 unspecified atom stereocenters. The highest BCUT2D eigenvalue weighted by atomic mass is 16.6. The number of hydrogen-bond donors (Lipinski definition) is 0. The number of hydrogen-bond acceptors (Lipinski definition) is 6. The number of carbonyl (C=O) groups excluding carboxylic acids is 2. The highest BCUT2D eigenvalue weighted by Gasteiger charge is 2.43. The lowest BCUT2D eigenvalue weighted by molar-refractivity contribution is -0.130. The van der Waals surface area contributed by atoms with Crippen molar-refractivity contribution < 1.29 is 14.2 Å². The molecule has 8 heteroatoms. The van der Waals surface area contributed by atoms with Gasteiger partial charge in [0.1, 0.15) is 5.69 Å². The van der Waals surface area contributed by atoms with Crippen LogP contribution >= 0.6 is 0 Å². The number of rotatable bonds is 3. The largest absolute Gasteiger partial charge is 0.339 e. The van der Waals surface area contributed by atoms with E-state index in [9.17, 15) is 9.59 Å². The van der Waals surface area contributed by atoms with Crippen LogP contribution in [0.1, 0.15) is 35.4 Å². The Kier molecular flexibility index (Phi) is 4.89. The van der Waals surface area contributed by atoms with Gasteiger partial charge in [-0.2, -0.15) is 0 Å². The van der Waals surface area contributed by atoms with E-state index in [0.29, 0.717) is 38.3 Å². The highest BCUT2D eigenvalue weighted by molar-refractivity contribution is 5.93. The van der Waals surface area contributed by atoms with Crippen LogP contribution in [0.3, 0.4) is 0 Å². The molecular weight excluding hydrogens is 322 g/mol. The Morgan fingerprint density at radius 3 is 2.80 bits per heavy atom. The third-order valence-corrected chi connectivity index (χ3v) is 5.50. The van der Waals surface area contributed by atoms with Gasteiger partial charge in [0.05, 0.1) is 0 Å². The molecule has 2 aliphatic rings. The number of nitrogens with zero attached hydrogens (tertiary/aromatic N) is 5. The fourth-order valence-corrected chi connectivity index (χ4v) is 3.79. The Morgan fingerprint density at radius 2 is 2.12 bits per heavy atom. The summed E-state index contributed by atoms with van der Waals surface area (Å²) in [5.74, 6) is 0.00918. The molecule has 1 aromatic rings. The lowest BCUT2D eigenvalue weighted by Crippen LogP contribution is -2.62. The van der Waals surface area contributed by atoms with Gasteiger partial charge in [0.15, 0.2) is 5.69 Å². The van der Waals surface area contributed by atoms with Crippen LogP contribution < -0.4 is 0 Å². The second-order valence-corrected chi connectivity index (χ2v) is 6.95. The Hall–Kier alpha value is -2.22. The first-order valence-corrected chi connectivity index (χ1v) is 8.65. The van der Waals surface area contributed by atoms with Crippen LogP contribution in [0.25, 0.3) is 0 Å². The van der Waals surface area contributed by atoms with Gasteiger partial charge in [-0.05, 0) is 32.0 Å². The molecule has 2 saturated heterocycles. The fraction of sp³-hybridized carbons (Fsp3) is 0.647. The predicted octanol–water partition coefficient (Wildman–Crippen LogP) is 0.703. The summed E-state index contributed by atoms with van der Waals surface area (Å²) in [7, 11) is 2.08. The molecule has 0 bridgehead atoms. The topological polar surface area (TPSA) is 82.8 Å². The quantitative estimate of drug-likeness (QED) is 0.749. The number of likely N-dealkylation sites (tertiary alicyclic amines) is 1. The van der Waals surface area contributed by atoms with Crippen LogP contribution in [0.5, 0.6) is 0 Å². The van der Waals surface area contributed by atoms with Gasteiger partial charge in [0.25, 0.3) is 5.91 Å². The molecule has 8 nitrogen and oxygen atoms in total. The number of likely N-dealkylation sites (N-methyl/N-ethyl adjacent to an activating group) is 1. The van der Waals surface area contributed by atoms with Crippen molar-refractivity contribution in [3.05, 3.63) is 24.0 Å². The van der Waals surface area contributed by atoms with Gasteiger partial charge in [-0.1, -0.05) is 11.2 Å². The van der Waals surface area contributed by atoms with Crippen molar-refractivity contribution in [1.29, 1.82) is 0 Å². The molecule has 1 aromatic heterocycles. The SMILES string of the molecule is C=CCN1CC[C@@]2(CCC1=O)CN(C(=O)c1nonc1C)CCN2C. The van der Waals surface area contributed by atoms with Crippen LogP contribution in [-0.4, -0.2) is 82.1 Å². The van der Waals surface area contributed by atoms with Crippen LogP contribution in [-0.2, 0) is 4.79 Å². The number of carbonyl (C=O) groups is 2. The first kappa shape index (κ1) is 17.6. The molecule has 1 atom stereocenters. The smallest absolute Gasteiger partial charge is 0.278 e. The van der Waals surface area contributed by atoms with E-state index in [0.717, 1.165) is 19.4 Å². The van der Waals surface area contributed by atoms with E-state index in [1.807, 2.05) is 9.80 Å². The fourth-order valence-electron chi connectivity index (χ4n) is 3.79. The third-order valence-electron chi connectivity index (χ3n) is 5.50.